The van der Waals surface area contributed by atoms with Crippen molar-refractivity contribution in [3.8, 4) is 11.8 Å². The van der Waals surface area contributed by atoms with Crippen molar-refractivity contribution in [2.75, 3.05) is 5.73 Å². The third-order valence-electron chi connectivity index (χ3n) is 1.79. The molecular weight excluding hydrogens is 194 g/mol. The summed E-state index contributed by atoms with van der Waals surface area (Å²) in [4.78, 5) is 7.77. The lowest BCUT2D eigenvalue weighted by Crippen LogP contribution is -1.94. The van der Waals surface area contributed by atoms with Crippen LogP contribution in [0, 0.1) is 11.8 Å². The minimum Gasteiger partial charge on any atom is -0.383 e. The van der Waals surface area contributed by atoms with Crippen LogP contribution < -0.4 is 5.73 Å². The van der Waals surface area contributed by atoms with Gasteiger partial charge in [-0.25, -0.2) is 9.97 Å². The van der Waals surface area contributed by atoms with Crippen molar-refractivity contribution in [1.29, 1.82) is 0 Å². The smallest absolute Gasteiger partial charge is 0.187 e. The van der Waals surface area contributed by atoms with Crippen LogP contribution >= 0.6 is 0 Å². The first-order valence-corrected chi connectivity index (χ1v) is 4.32. The van der Waals surface area contributed by atoms with Crippen molar-refractivity contribution in [2.24, 2.45) is 0 Å². The Morgan fingerprint density at radius 1 is 1.53 bits per heavy atom. The summed E-state index contributed by atoms with van der Waals surface area (Å²) in [5.41, 5.74) is 6.65. The number of H-pyrrole nitrogens is 1. The van der Waals surface area contributed by atoms with Crippen molar-refractivity contribution in [3.05, 3.63) is 12.0 Å². The predicted molar refractivity (Wildman–Crippen MR) is 54.7 cm³/mol. The molecule has 6 heteroatoms. The van der Waals surface area contributed by atoms with Gasteiger partial charge in [-0.1, -0.05) is 5.92 Å². The maximum atomic E-state index is 9.02. The predicted octanol–water partition coefficient (Wildman–Crippen LogP) is -0.333. The lowest BCUT2D eigenvalue weighted by Gasteiger charge is -1.92. The van der Waals surface area contributed by atoms with Gasteiger partial charge in [-0.2, -0.15) is 5.10 Å². The SMILES string of the molecule is CC(O)C#Cc1[nH]nc2ncnc(N)c12. The molecule has 1 unspecified atom stereocenters. The monoisotopic (exact) mass is 203 g/mol. The van der Waals surface area contributed by atoms with Crippen LogP contribution in [-0.2, 0) is 0 Å². The Balaban J connectivity index is 2.59. The van der Waals surface area contributed by atoms with Gasteiger partial charge in [0.25, 0.3) is 0 Å². The third-order valence-corrected chi connectivity index (χ3v) is 1.79. The lowest BCUT2D eigenvalue weighted by atomic mass is 10.2. The number of nitrogens with two attached hydrogens (primary N) is 1. The van der Waals surface area contributed by atoms with Crippen LogP contribution in [0.15, 0.2) is 6.33 Å². The van der Waals surface area contributed by atoms with E-state index in [0.717, 1.165) is 0 Å². The summed E-state index contributed by atoms with van der Waals surface area (Å²) in [5.74, 6) is 5.64. The number of nitrogens with zero attached hydrogens (tertiary/aromatic N) is 3. The van der Waals surface area contributed by atoms with Crippen molar-refractivity contribution in [2.45, 2.75) is 13.0 Å². The summed E-state index contributed by atoms with van der Waals surface area (Å²) >= 11 is 0. The molecule has 76 valence electrons. The number of anilines is 1. The number of aromatic nitrogens is 4. The number of aromatic amines is 1. The second-order valence-corrected chi connectivity index (χ2v) is 3.00. The molecule has 1 atom stereocenters. The number of hydrogen-bond donors (Lipinski definition) is 3. The van der Waals surface area contributed by atoms with E-state index in [0.29, 0.717) is 22.5 Å². The van der Waals surface area contributed by atoms with Crippen molar-refractivity contribution >= 4 is 16.9 Å². The maximum Gasteiger partial charge on any atom is 0.187 e. The van der Waals surface area contributed by atoms with Crippen LogP contribution in [-0.4, -0.2) is 31.4 Å². The molecule has 2 heterocycles. The Hall–Kier alpha value is -2.13. The van der Waals surface area contributed by atoms with Gasteiger partial charge in [0.05, 0.1) is 5.39 Å². The van der Waals surface area contributed by atoms with E-state index in [1.807, 2.05) is 0 Å². The van der Waals surface area contributed by atoms with Gasteiger partial charge in [0.2, 0.25) is 0 Å². The van der Waals surface area contributed by atoms with Gasteiger partial charge in [-0.15, -0.1) is 0 Å². The number of nitrogens with one attached hydrogen (secondary N) is 1. The van der Waals surface area contributed by atoms with E-state index in [9.17, 15) is 0 Å². The molecule has 0 fully saturated rings. The average molecular weight is 203 g/mol. The van der Waals surface area contributed by atoms with E-state index in [4.69, 9.17) is 10.8 Å². The number of hydrogen-bond acceptors (Lipinski definition) is 5. The van der Waals surface area contributed by atoms with Gasteiger partial charge in [0.15, 0.2) is 5.65 Å². The zero-order chi connectivity index (χ0) is 10.8. The summed E-state index contributed by atoms with van der Waals surface area (Å²) in [6.07, 6.45) is 0.638. The molecule has 0 aliphatic carbocycles. The minimum atomic E-state index is -0.700. The molecule has 2 rings (SSSR count). The largest absolute Gasteiger partial charge is 0.383 e. The molecule has 0 amide bonds. The standard InChI is InChI=1S/C9H9N5O/c1-5(15)2-3-6-7-8(10)11-4-12-9(7)14-13-6/h4-5,15H,1H3,(H3,10,11,12,13,14). The molecule has 4 N–H and O–H groups in total. The summed E-state index contributed by atoms with van der Waals surface area (Å²) in [5, 5.41) is 16.2. The van der Waals surface area contributed by atoms with Crippen LogP contribution in [0.25, 0.3) is 11.0 Å². The average Bonchev–Trinajstić information content (AvgIpc) is 2.59. The molecule has 15 heavy (non-hydrogen) atoms. The van der Waals surface area contributed by atoms with Gasteiger partial charge in [0, 0.05) is 0 Å². The molecule has 0 saturated heterocycles. The highest BCUT2D eigenvalue weighted by molar-refractivity contribution is 5.89. The highest BCUT2D eigenvalue weighted by Crippen LogP contribution is 2.17. The summed E-state index contributed by atoms with van der Waals surface area (Å²) in [6, 6.07) is 0. The second-order valence-electron chi connectivity index (χ2n) is 3.00. The quantitative estimate of drug-likeness (QED) is 0.509. The van der Waals surface area contributed by atoms with Gasteiger partial charge < -0.3 is 10.8 Å². The van der Waals surface area contributed by atoms with Crippen molar-refractivity contribution in [3.63, 3.8) is 0 Å². The highest BCUT2D eigenvalue weighted by Gasteiger charge is 2.08. The van der Waals surface area contributed by atoms with Gasteiger partial charge in [-0.3, -0.25) is 5.10 Å². The molecule has 0 aliphatic heterocycles. The van der Waals surface area contributed by atoms with E-state index in [2.05, 4.69) is 32.0 Å². The van der Waals surface area contributed by atoms with Crippen LogP contribution in [0.4, 0.5) is 5.82 Å². The number of fused-ring (bicyclic) bond motifs is 1. The number of aliphatic hydroxyl groups is 1. The zero-order valence-electron chi connectivity index (χ0n) is 8.02. The molecule has 2 aromatic rings. The van der Waals surface area contributed by atoms with E-state index in [1.54, 1.807) is 6.92 Å². The van der Waals surface area contributed by atoms with Crippen LogP contribution in [0.2, 0.25) is 0 Å². The zero-order valence-corrected chi connectivity index (χ0v) is 8.02. The first kappa shape index (κ1) is 9.43. The fourth-order valence-electron chi connectivity index (χ4n) is 1.15. The van der Waals surface area contributed by atoms with Crippen LogP contribution in [0.5, 0.6) is 0 Å². The van der Waals surface area contributed by atoms with E-state index >= 15 is 0 Å². The van der Waals surface area contributed by atoms with Crippen LogP contribution in [0.3, 0.4) is 0 Å². The molecule has 2 aromatic heterocycles. The minimum absolute atomic E-state index is 0.323. The Morgan fingerprint density at radius 2 is 2.33 bits per heavy atom. The number of aliphatic hydroxyl groups excluding tert-OH is 1. The van der Waals surface area contributed by atoms with Crippen molar-refractivity contribution < 1.29 is 5.11 Å². The fraction of sp³-hybridized carbons (Fsp3) is 0.222. The molecule has 0 radical (unpaired) electrons. The summed E-state index contributed by atoms with van der Waals surface area (Å²) in [6.45, 7) is 1.57. The Bertz CT molecular complexity index is 548. The summed E-state index contributed by atoms with van der Waals surface area (Å²) in [7, 11) is 0. The highest BCUT2D eigenvalue weighted by atomic mass is 16.3. The molecule has 0 bridgehead atoms. The Labute approximate surface area is 85.5 Å². The lowest BCUT2D eigenvalue weighted by molar-refractivity contribution is 0.253. The topological polar surface area (TPSA) is 101 Å². The molecule has 0 spiro atoms. The first-order chi connectivity index (χ1) is 7.18. The molecular formula is C9H9N5O. The van der Waals surface area contributed by atoms with Crippen molar-refractivity contribution in [1.82, 2.24) is 20.2 Å². The van der Waals surface area contributed by atoms with E-state index < -0.39 is 6.10 Å². The first-order valence-electron chi connectivity index (χ1n) is 4.32. The third kappa shape index (κ3) is 1.73. The fourth-order valence-corrected chi connectivity index (χ4v) is 1.15. The van der Waals surface area contributed by atoms with Crippen LogP contribution in [0.1, 0.15) is 12.6 Å². The molecule has 0 aliphatic rings. The Kier molecular flexibility index (Phi) is 2.23. The Morgan fingerprint density at radius 3 is 3.07 bits per heavy atom. The number of rotatable bonds is 0. The van der Waals surface area contributed by atoms with Gasteiger partial charge >= 0.3 is 0 Å². The molecule has 0 saturated carbocycles. The van der Waals surface area contributed by atoms with Gasteiger partial charge in [0.1, 0.15) is 23.9 Å². The van der Waals surface area contributed by atoms with E-state index in [1.165, 1.54) is 6.33 Å². The van der Waals surface area contributed by atoms with Gasteiger partial charge in [-0.05, 0) is 12.8 Å². The summed E-state index contributed by atoms with van der Waals surface area (Å²) < 4.78 is 0. The second kappa shape index (κ2) is 3.55. The molecule has 6 nitrogen and oxygen atoms in total. The van der Waals surface area contributed by atoms with E-state index in [-0.39, 0.29) is 0 Å². The normalized spacial score (nSPS) is 12.1. The maximum absolute atomic E-state index is 9.02. The molecule has 0 aromatic carbocycles. The number of nitrogen functional groups attached to an aromatic ring is 1.